The van der Waals surface area contributed by atoms with E-state index in [1.54, 1.807) is 5.56 Å². The first kappa shape index (κ1) is 23.0. The van der Waals surface area contributed by atoms with Crippen LogP contribution < -0.4 is 0 Å². The summed E-state index contributed by atoms with van der Waals surface area (Å²) in [5.41, 5.74) is 3.04. The molecular weight excluding hydrogens is 379 g/mol. The lowest BCUT2D eigenvalue weighted by Crippen LogP contribution is -2.34. The van der Waals surface area contributed by atoms with Crippen LogP contribution in [0.2, 0.25) is 0 Å². The lowest BCUT2D eigenvalue weighted by atomic mass is 9.86. The third kappa shape index (κ3) is 5.19. The van der Waals surface area contributed by atoms with Gasteiger partial charge in [0.1, 0.15) is 0 Å². The van der Waals surface area contributed by atoms with Crippen LogP contribution in [0.15, 0.2) is 24.3 Å². The van der Waals surface area contributed by atoms with Crippen molar-refractivity contribution in [2.45, 2.75) is 51.0 Å². The van der Waals surface area contributed by atoms with Gasteiger partial charge in [0.25, 0.3) is 0 Å². The number of likely N-dealkylation sites (tertiary alicyclic amines) is 2. The van der Waals surface area contributed by atoms with E-state index in [4.69, 9.17) is 0 Å². The van der Waals surface area contributed by atoms with Crippen LogP contribution in [0, 0.1) is 11.8 Å². The maximum Gasteiger partial charge on any atom is 0.0584 e. The molecule has 4 atom stereocenters. The Hall–Kier alpha value is -0.320. The summed E-state index contributed by atoms with van der Waals surface area (Å²) in [6.45, 7) is 8.63. The van der Waals surface area contributed by atoms with Crippen molar-refractivity contribution < 1.29 is 5.11 Å². The summed E-state index contributed by atoms with van der Waals surface area (Å²) >= 11 is 0. The second-order valence-electron chi connectivity index (χ2n) is 8.63. The van der Waals surface area contributed by atoms with E-state index in [9.17, 15) is 5.11 Å². The molecule has 1 aromatic carbocycles. The Morgan fingerprint density at radius 2 is 1.74 bits per heavy atom. The van der Waals surface area contributed by atoms with Crippen LogP contribution in [0.1, 0.15) is 49.7 Å². The zero-order valence-electron chi connectivity index (χ0n) is 16.6. The highest BCUT2D eigenvalue weighted by Crippen LogP contribution is 2.47. The highest BCUT2D eigenvalue weighted by Gasteiger charge is 2.43. The van der Waals surface area contributed by atoms with Crippen LogP contribution >= 0.6 is 24.8 Å². The molecule has 0 amide bonds. The van der Waals surface area contributed by atoms with Gasteiger partial charge in [-0.3, -0.25) is 4.90 Å². The minimum atomic E-state index is 0. The van der Waals surface area contributed by atoms with Gasteiger partial charge >= 0.3 is 0 Å². The van der Waals surface area contributed by atoms with E-state index < -0.39 is 0 Å². The molecular formula is C22H36Cl2N2O. The van der Waals surface area contributed by atoms with Gasteiger partial charge in [0.2, 0.25) is 0 Å². The van der Waals surface area contributed by atoms with E-state index in [1.807, 2.05) is 0 Å². The molecule has 5 heteroatoms. The summed E-state index contributed by atoms with van der Waals surface area (Å²) in [6.07, 6.45) is 6.67. The largest absolute Gasteiger partial charge is 0.395 e. The first-order valence-corrected chi connectivity index (χ1v) is 10.4. The van der Waals surface area contributed by atoms with Crippen LogP contribution in [-0.4, -0.2) is 60.3 Å². The van der Waals surface area contributed by atoms with Gasteiger partial charge in [0.15, 0.2) is 0 Å². The van der Waals surface area contributed by atoms with E-state index in [1.165, 1.54) is 70.4 Å². The zero-order valence-corrected chi connectivity index (χ0v) is 18.2. The summed E-state index contributed by atoms with van der Waals surface area (Å²) in [5, 5.41) is 9.46. The number of hydrogen-bond donors (Lipinski definition) is 1. The number of hydrogen-bond acceptors (Lipinski definition) is 3. The van der Waals surface area contributed by atoms with E-state index >= 15 is 0 Å². The third-order valence-electron chi connectivity index (χ3n) is 7.10. The number of aliphatic hydroxyl groups is 1. The second kappa shape index (κ2) is 10.5. The van der Waals surface area contributed by atoms with Crippen LogP contribution in [0.25, 0.3) is 0 Å². The normalized spacial score (nSPS) is 29.2. The topological polar surface area (TPSA) is 26.7 Å². The van der Waals surface area contributed by atoms with Crippen LogP contribution in [0.3, 0.4) is 0 Å². The van der Waals surface area contributed by atoms with Gasteiger partial charge in [0, 0.05) is 25.7 Å². The highest BCUT2D eigenvalue weighted by molar-refractivity contribution is 5.85. The summed E-state index contributed by atoms with van der Waals surface area (Å²) in [6, 6.07) is 9.89. The number of halogens is 2. The smallest absolute Gasteiger partial charge is 0.0584 e. The summed E-state index contributed by atoms with van der Waals surface area (Å²) in [7, 11) is 0. The Morgan fingerprint density at radius 1 is 1.04 bits per heavy atom. The second-order valence-corrected chi connectivity index (χ2v) is 8.63. The van der Waals surface area contributed by atoms with Crippen LogP contribution in [0.5, 0.6) is 0 Å². The van der Waals surface area contributed by atoms with Crippen molar-refractivity contribution in [3.8, 4) is 0 Å². The molecule has 0 bridgehead atoms. The summed E-state index contributed by atoms with van der Waals surface area (Å²) in [5.74, 6) is 2.37. The number of rotatable bonds is 6. The molecule has 1 aliphatic carbocycles. The Morgan fingerprint density at radius 3 is 2.41 bits per heavy atom. The maximum atomic E-state index is 9.46. The van der Waals surface area contributed by atoms with Gasteiger partial charge in [0.05, 0.1) is 6.61 Å². The van der Waals surface area contributed by atoms with Gasteiger partial charge in [-0.15, -0.1) is 24.8 Å². The number of fused-ring (bicyclic) bond motifs is 1. The van der Waals surface area contributed by atoms with Gasteiger partial charge in [-0.05, 0) is 81.0 Å². The lowest BCUT2D eigenvalue weighted by molar-refractivity contribution is 0.149. The van der Waals surface area contributed by atoms with Crippen molar-refractivity contribution >= 4 is 24.8 Å². The molecule has 4 rings (SSSR count). The maximum absolute atomic E-state index is 9.46. The Kier molecular flexibility index (Phi) is 8.89. The molecule has 27 heavy (non-hydrogen) atoms. The molecule has 4 unspecified atom stereocenters. The zero-order chi connectivity index (χ0) is 17.2. The predicted octanol–water partition coefficient (Wildman–Crippen LogP) is 3.97. The molecule has 0 radical (unpaired) electrons. The molecule has 154 valence electrons. The molecule has 2 heterocycles. The Balaban J connectivity index is 0.00000131. The van der Waals surface area contributed by atoms with Crippen molar-refractivity contribution in [1.29, 1.82) is 0 Å². The van der Waals surface area contributed by atoms with E-state index in [0.29, 0.717) is 6.04 Å². The summed E-state index contributed by atoms with van der Waals surface area (Å²) in [4.78, 5) is 5.11. The average Bonchev–Trinajstić information content (AvgIpc) is 3.36. The molecule has 3 aliphatic rings. The van der Waals surface area contributed by atoms with Gasteiger partial charge in [-0.2, -0.15) is 0 Å². The van der Waals surface area contributed by atoms with Crippen molar-refractivity contribution in [3.05, 3.63) is 35.4 Å². The number of aliphatic hydroxyl groups excluding tert-OH is 1. The van der Waals surface area contributed by atoms with E-state index in [2.05, 4.69) is 41.0 Å². The van der Waals surface area contributed by atoms with Crippen molar-refractivity contribution in [2.24, 2.45) is 11.8 Å². The first-order chi connectivity index (χ1) is 12.2. The molecule has 2 aliphatic heterocycles. The number of benzene rings is 1. The lowest BCUT2D eigenvalue weighted by Gasteiger charge is -2.25. The predicted molar refractivity (Wildman–Crippen MR) is 117 cm³/mol. The fourth-order valence-corrected chi connectivity index (χ4v) is 5.41. The molecule has 1 saturated carbocycles. The fourth-order valence-electron chi connectivity index (χ4n) is 5.41. The van der Waals surface area contributed by atoms with E-state index in [0.717, 1.165) is 17.8 Å². The molecule has 1 aromatic rings. The first-order valence-electron chi connectivity index (χ1n) is 10.4. The van der Waals surface area contributed by atoms with Crippen LogP contribution in [0.4, 0.5) is 0 Å². The highest BCUT2D eigenvalue weighted by atomic mass is 35.5. The van der Waals surface area contributed by atoms with Gasteiger partial charge < -0.3 is 10.0 Å². The monoisotopic (exact) mass is 414 g/mol. The Bertz CT molecular complexity index is 562. The molecule has 3 fully saturated rings. The standard InChI is InChI=1S/C22H34N2O.2ClH/c1-17(16-25)24-14-20-8-9-21(22(20)15-24)19-6-4-18(5-7-19)10-13-23-11-2-3-12-23;;/h4-7,17,20-22,25H,2-3,8-16H2,1H3;2*1H. The van der Waals surface area contributed by atoms with Crippen molar-refractivity contribution in [1.82, 2.24) is 9.80 Å². The van der Waals surface area contributed by atoms with Gasteiger partial charge in [-0.25, -0.2) is 0 Å². The fraction of sp³-hybridized carbons (Fsp3) is 0.727. The molecule has 2 saturated heterocycles. The minimum absolute atomic E-state index is 0. The van der Waals surface area contributed by atoms with Crippen LogP contribution in [-0.2, 0) is 6.42 Å². The molecule has 3 nitrogen and oxygen atoms in total. The minimum Gasteiger partial charge on any atom is -0.395 e. The third-order valence-corrected chi connectivity index (χ3v) is 7.10. The quantitative estimate of drug-likeness (QED) is 0.762. The van der Waals surface area contributed by atoms with Crippen molar-refractivity contribution in [3.63, 3.8) is 0 Å². The number of nitrogens with zero attached hydrogens (tertiary/aromatic N) is 2. The molecule has 0 spiro atoms. The SMILES string of the molecule is CC(CO)N1CC2CCC(c3ccc(CCN4CCCC4)cc3)C2C1.Cl.Cl. The molecule has 1 N–H and O–H groups in total. The average molecular weight is 415 g/mol. The summed E-state index contributed by atoms with van der Waals surface area (Å²) < 4.78 is 0. The Labute approximate surface area is 177 Å². The van der Waals surface area contributed by atoms with Crippen molar-refractivity contribution in [2.75, 3.05) is 39.3 Å². The molecule has 0 aromatic heterocycles. The van der Waals surface area contributed by atoms with E-state index in [-0.39, 0.29) is 31.4 Å². The van der Waals surface area contributed by atoms with Gasteiger partial charge in [-0.1, -0.05) is 24.3 Å².